The van der Waals surface area contributed by atoms with Gasteiger partial charge >= 0.3 is 0 Å². The molecule has 0 radical (unpaired) electrons. The van der Waals surface area contributed by atoms with Crippen LogP contribution in [0.25, 0.3) is 21.9 Å². The van der Waals surface area contributed by atoms with Gasteiger partial charge in [0, 0.05) is 24.6 Å². The van der Waals surface area contributed by atoms with Crippen molar-refractivity contribution >= 4 is 39.2 Å². The van der Waals surface area contributed by atoms with Crippen LogP contribution in [0.1, 0.15) is 64.6 Å². The van der Waals surface area contributed by atoms with Crippen molar-refractivity contribution in [3.05, 3.63) is 30.1 Å². The lowest BCUT2D eigenvalue weighted by atomic mass is 10.1. The van der Waals surface area contributed by atoms with E-state index in [1.54, 1.807) is 4.73 Å². The highest BCUT2D eigenvalue weighted by Gasteiger charge is 2.18. The predicted octanol–water partition coefficient (Wildman–Crippen LogP) is 4.31. The Balaban J connectivity index is 1.73. The second-order valence-corrected chi connectivity index (χ2v) is 7.66. The van der Waals surface area contributed by atoms with Crippen LogP contribution in [0.3, 0.4) is 0 Å². The number of nitrogens with zero attached hydrogens (tertiary/aromatic N) is 4. The van der Waals surface area contributed by atoms with Crippen molar-refractivity contribution in [2.75, 3.05) is 12.3 Å². The minimum Gasteiger partial charge on any atom is -0.412 e. The number of nitrogen functional groups attached to an aromatic ring is 1. The van der Waals surface area contributed by atoms with Crippen molar-refractivity contribution in [1.82, 2.24) is 14.7 Å². The van der Waals surface area contributed by atoms with Gasteiger partial charge in [0.15, 0.2) is 5.82 Å². The molecule has 0 saturated heterocycles. The van der Waals surface area contributed by atoms with E-state index in [1.807, 2.05) is 31.2 Å². The first-order chi connectivity index (χ1) is 15.1. The number of nitrogens with two attached hydrogens (primary N) is 1. The number of carbonyl (C=O) groups excluding carboxylic acids is 1. The second kappa shape index (κ2) is 10.7. The minimum atomic E-state index is 0.0798. The summed E-state index contributed by atoms with van der Waals surface area (Å²) in [6.45, 7) is 4.47. The molecule has 3 N–H and O–H groups in total. The fourth-order valence-corrected chi connectivity index (χ4v) is 3.58. The summed E-state index contributed by atoms with van der Waals surface area (Å²) >= 11 is 0. The number of rotatable bonds is 12. The van der Waals surface area contributed by atoms with Crippen LogP contribution < -0.4 is 10.6 Å². The largest absolute Gasteiger partial charge is 0.412 e. The maximum absolute atomic E-state index is 12.0. The van der Waals surface area contributed by atoms with Crippen molar-refractivity contribution < 1.29 is 14.8 Å². The molecule has 31 heavy (non-hydrogen) atoms. The third-order valence-electron chi connectivity index (χ3n) is 5.32. The van der Waals surface area contributed by atoms with E-state index in [4.69, 9.17) is 20.8 Å². The molecular weight excluding hydrogens is 394 g/mol. The Bertz CT molecular complexity index is 1070. The molecule has 0 fully saturated rings. The fraction of sp³-hybridized carbons (Fsp3) is 0.478. The van der Waals surface area contributed by atoms with Crippen LogP contribution in [0.5, 0.6) is 0 Å². The number of hydrogen-bond acceptors (Lipinski definition) is 7. The Kier molecular flexibility index (Phi) is 7.81. The number of aryl methyl sites for hydroxylation is 1. The number of para-hydroxylation sites is 1. The number of imidazole rings is 1. The molecule has 3 rings (SSSR count). The van der Waals surface area contributed by atoms with Gasteiger partial charge in [0.25, 0.3) is 0 Å². The van der Waals surface area contributed by atoms with Gasteiger partial charge in [-0.25, -0.2) is 9.97 Å². The van der Waals surface area contributed by atoms with Gasteiger partial charge < -0.3 is 15.8 Å². The molecule has 2 aromatic heterocycles. The number of ketones is 1. The number of fused-ring (bicyclic) bond motifs is 3. The number of anilines is 1. The number of benzene rings is 1. The highest BCUT2D eigenvalue weighted by molar-refractivity contribution is 6.06. The summed E-state index contributed by atoms with van der Waals surface area (Å²) < 4.78 is 1.81. The summed E-state index contributed by atoms with van der Waals surface area (Å²) in [5.74, 6) is 1.32. The molecule has 8 heteroatoms. The van der Waals surface area contributed by atoms with Crippen molar-refractivity contribution in [2.24, 2.45) is 5.16 Å². The van der Waals surface area contributed by atoms with Gasteiger partial charge in [-0.15, -0.1) is 0 Å². The third-order valence-corrected chi connectivity index (χ3v) is 5.32. The molecule has 0 aliphatic rings. The Labute approximate surface area is 182 Å². The lowest BCUT2D eigenvalue weighted by Crippen LogP contribution is -2.16. The summed E-state index contributed by atoms with van der Waals surface area (Å²) in [6, 6.07) is 7.83. The van der Waals surface area contributed by atoms with Gasteiger partial charge in [0.1, 0.15) is 29.2 Å². The zero-order chi connectivity index (χ0) is 22.2. The monoisotopic (exact) mass is 425 g/mol. The van der Waals surface area contributed by atoms with Crippen molar-refractivity contribution in [3.8, 4) is 0 Å². The molecule has 1 aromatic carbocycles. The summed E-state index contributed by atoms with van der Waals surface area (Å²) in [4.78, 5) is 27.4. The predicted molar refractivity (Wildman–Crippen MR) is 122 cm³/mol. The lowest BCUT2D eigenvalue weighted by molar-refractivity contribution is -0.118. The maximum atomic E-state index is 12.0. The highest BCUT2D eigenvalue weighted by Crippen LogP contribution is 2.28. The van der Waals surface area contributed by atoms with Crippen molar-refractivity contribution in [3.63, 3.8) is 0 Å². The van der Waals surface area contributed by atoms with E-state index in [1.165, 1.54) is 0 Å². The van der Waals surface area contributed by atoms with Crippen LogP contribution >= 0.6 is 0 Å². The quantitative estimate of drug-likeness (QED) is 0.193. The standard InChI is InChI=1S/C23H31N5O3/c1-3-5-13-20-26-21-22(18-11-6-7-12-19(18)25-23(21)24)28(20)31-14-9-8-10-17(29)15-16(4-2)27-30/h6-7,11-12,30H,3-5,8-10,13-15H2,1-2H3,(H2,24,25)/b27-16+. The Hall–Kier alpha value is -3.16. The Morgan fingerprint density at radius 3 is 2.74 bits per heavy atom. The van der Waals surface area contributed by atoms with Gasteiger partial charge in [0.05, 0.1) is 11.2 Å². The first kappa shape index (κ1) is 22.5. The van der Waals surface area contributed by atoms with Crippen LogP contribution in [0, 0.1) is 0 Å². The smallest absolute Gasteiger partial charge is 0.152 e. The normalized spacial score (nSPS) is 12.0. The topological polar surface area (TPSA) is 116 Å². The summed E-state index contributed by atoms with van der Waals surface area (Å²) in [5.41, 5.74) is 9.03. The molecule has 0 amide bonds. The van der Waals surface area contributed by atoms with E-state index in [9.17, 15) is 4.79 Å². The van der Waals surface area contributed by atoms with Crippen LogP contribution in [0.4, 0.5) is 5.82 Å². The molecule has 0 atom stereocenters. The number of aromatic nitrogens is 3. The van der Waals surface area contributed by atoms with Crippen LogP contribution in [0.15, 0.2) is 29.4 Å². The lowest BCUT2D eigenvalue weighted by Gasteiger charge is -2.12. The molecular formula is C23H31N5O3. The third kappa shape index (κ3) is 5.31. The molecule has 8 nitrogen and oxygen atoms in total. The summed E-state index contributed by atoms with van der Waals surface area (Å²) in [6.07, 6.45) is 5.50. The number of unbranched alkanes of at least 4 members (excludes halogenated alkanes) is 2. The van der Waals surface area contributed by atoms with E-state index < -0.39 is 0 Å². The molecule has 3 aromatic rings. The van der Waals surface area contributed by atoms with E-state index in [2.05, 4.69) is 17.1 Å². The van der Waals surface area contributed by atoms with E-state index in [0.29, 0.717) is 42.9 Å². The molecule has 2 heterocycles. The van der Waals surface area contributed by atoms with Crippen LogP contribution in [-0.4, -0.2) is 38.0 Å². The molecule has 0 bridgehead atoms. The average molecular weight is 426 g/mol. The number of pyridine rings is 1. The van der Waals surface area contributed by atoms with Gasteiger partial charge in [-0.2, -0.15) is 4.73 Å². The van der Waals surface area contributed by atoms with Crippen molar-refractivity contribution in [1.29, 1.82) is 0 Å². The number of oxime groups is 1. The van der Waals surface area contributed by atoms with Gasteiger partial charge in [-0.05, 0) is 31.7 Å². The number of carbonyl (C=O) groups is 1. The maximum Gasteiger partial charge on any atom is 0.152 e. The van der Waals surface area contributed by atoms with Crippen molar-refractivity contribution in [2.45, 2.75) is 65.2 Å². The van der Waals surface area contributed by atoms with Gasteiger partial charge in [-0.1, -0.05) is 43.6 Å². The van der Waals surface area contributed by atoms with E-state index in [0.717, 1.165) is 47.9 Å². The first-order valence-corrected chi connectivity index (χ1v) is 11.0. The summed E-state index contributed by atoms with van der Waals surface area (Å²) in [7, 11) is 0. The Morgan fingerprint density at radius 2 is 2.00 bits per heavy atom. The van der Waals surface area contributed by atoms with Gasteiger partial charge in [-0.3, -0.25) is 4.79 Å². The highest BCUT2D eigenvalue weighted by atomic mass is 16.7. The Morgan fingerprint density at radius 1 is 1.19 bits per heavy atom. The van der Waals surface area contributed by atoms with Crippen LogP contribution in [-0.2, 0) is 11.2 Å². The van der Waals surface area contributed by atoms with E-state index in [-0.39, 0.29) is 12.2 Å². The zero-order valence-electron chi connectivity index (χ0n) is 18.3. The molecule has 0 aliphatic heterocycles. The first-order valence-electron chi connectivity index (χ1n) is 11.0. The summed E-state index contributed by atoms with van der Waals surface area (Å²) in [5, 5.41) is 13.0. The average Bonchev–Trinajstić information content (AvgIpc) is 3.15. The minimum absolute atomic E-state index is 0.0798. The molecule has 0 unspecified atom stereocenters. The van der Waals surface area contributed by atoms with E-state index >= 15 is 0 Å². The number of Topliss-reactive ketones (excluding diaryl/α,β-unsaturated/α-hetero) is 1. The molecule has 0 spiro atoms. The SMILES string of the molecule is CCCCc1nc2c(N)nc3ccccc3c2n1OCCCCC(=O)C/C(CC)=N/O. The fourth-order valence-electron chi connectivity index (χ4n) is 3.58. The van der Waals surface area contributed by atoms with Crippen LogP contribution in [0.2, 0.25) is 0 Å². The number of hydrogen-bond donors (Lipinski definition) is 2. The zero-order valence-corrected chi connectivity index (χ0v) is 18.3. The molecule has 0 aliphatic carbocycles. The molecule has 0 saturated carbocycles. The second-order valence-electron chi connectivity index (χ2n) is 7.66. The van der Waals surface area contributed by atoms with Gasteiger partial charge in [0.2, 0.25) is 0 Å². The molecule has 166 valence electrons.